The Morgan fingerprint density at radius 2 is 1.71 bits per heavy atom. The number of rotatable bonds is 11. The fourth-order valence-electron chi connectivity index (χ4n) is 3.46. The standard InChI is InChI=1S/C29H25Cl2N5O3S3/c1-3-40-29-35-28(42-36-29)34-25(37)17(2)41-21-14-12-20(13-15-21)32-27(39)23(16-19-10-7-11-22(30)24(19)31)33-26(38)18-8-5-4-6-9-18/h4-17H,3H2,1-2H3,(H,32,39)(H,33,38)(H,34,35,36,37)/b23-16-. The molecule has 0 radical (unpaired) electrons. The van der Waals surface area contributed by atoms with E-state index in [1.165, 1.54) is 29.6 Å². The second-order valence-electron chi connectivity index (χ2n) is 8.56. The summed E-state index contributed by atoms with van der Waals surface area (Å²) in [7, 11) is 0. The zero-order chi connectivity index (χ0) is 30.1. The number of hydrogen-bond acceptors (Lipinski definition) is 8. The van der Waals surface area contributed by atoms with Gasteiger partial charge in [-0.25, -0.2) is 0 Å². The Hall–Kier alpha value is -3.35. The zero-order valence-corrected chi connectivity index (χ0v) is 26.4. The number of nitrogens with one attached hydrogen (secondary N) is 3. The summed E-state index contributed by atoms with van der Waals surface area (Å²) in [4.78, 5) is 43.9. The SMILES string of the molecule is CCSc1nsc(NC(=O)C(C)Sc2ccc(NC(=O)/C(=C/c3cccc(Cl)c3Cl)NC(=O)c3ccccc3)cc2)n1. The van der Waals surface area contributed by atoms with Crippen LogP contribution >= 0.6 is 58.3 Å². The van der Waals surface area contributed by atoms with E-state index in [1.807, 2.05) is 6.92 Å². The van der Waals surface area contributed by atoms with Crippen LogP contribution < -0.4 is 16.0 Å². The molecule has 1 heterocycles. The molecule has 0 saturated carbocycles. The molecule has 3 aromatic carbocycles. The smallest absolute Gasteiger partial charge is 0.272 e. The summed E-state index contributed by atoms with van der Waals surface area (Å²) in [6.07, 6.45) is 1.47. The fraction of sp³-hybridized carbons (Fsp3) is 0.138. The first-order chi connectivity index (χ1) is 20.2. The topological polar surface area (TPSA) is 113 Å². The average Bonchev–Trinajstić information content (AvgIpc) is 3.43. The third kappa shape index (κ3) is 8.83. The Balaban J connectivity index is 1.43. The second kappa shape index (κ2) is 15.2. The van der Waals surface area contributed by atoms with Gasteiger partial charge in [-0.3, -0.25) is 19.7 Å². The minimum Gasteiger partial charge on any atom is -0.321 e. The lowest BCUT2D eigenvalue weighted by Gasteiger charge is -2.13. The number of nitrogens with zero attached hydrogens (tertiary/aromatic N) is 2. The lowest BCUT2D eigenvalue weighted by molar-refractivity contribution is -0.115. The summed E-state index contributed by atoms with van der Waals surface area (Å²) < 4.78 is 4.21. The van der Waals surface area contributed by atoms with E-state index in [1.54, 1.807) is 79.7 Å². The maximum absolute atomic E-state index is 13.3. The Morgan fingerprint density at radius 3 is 2.43 bits per heavy atom. The Kier molecular flexibility index (Phi) is 11.4. The van der Waals surface area contributed by atoms with Gasteiger partial charge >= 0.3 is 0 Å². The van der Waals surface area contributed by atoms with Crippen LogP contribution in [0.5, 0.6) is 0 Å². The van der Waals surface area contributed by atoms with Gasteiger partial charge in [-0.05, 0) is 66.8 Å². The molecule has 42 heavy (non-hydrogen) atoms. The molecule has 4 aromatic rings. The molecule has 1 atom stereocenters. The minimum absolute atomic E-state index is 0.0195. The average molecular weight is 659 g/mol. The largest absolute Gasteiger partial charge is 0.321 e. The molecule has 1 unspecified atom stereocenters. The van der Waals surface area contributed by atoms with Crippen LogP contribution in [-0.4, -0.2) is 38.1 Å². The number of amides is 3. The van der Waals surface area contributed by atoms with Gasteiger partial charge in [0.25, 0.3) is 11.8 Å². The summed E-state index contributed by atoms with van der Waals surface area (Å²) in [6.45, 7) is 3.81. The van der Waals surface area contributed by atoms with Crippen LogP contribution in [0.15, 0.2) is 88.5 Å². The van der Waals surface area contributed by atoms with Crippen molar-refractivity contribution < 1.29 is 14.4 Å². The summed E-state index contributed by atoms with van der Waals surface area (Å²) in [5.74, 6) is -0.349. The highest BCUT2D eigenvalue weighted by Crippen LogP contribution is 2.28. The molecule has 216 valence electrons. The van der Waals surface area contributed by atoms with E-state index >= 15 is 0 Å². The number of carbonyl (C=O) groups is 3. The molecule has 13 heteroatoms. The highest BCUT2D eigenvalue weighted by atomic mass is 35.5. The second-order valence-corrected chi connectivity index (χ2v) is 12.7. The van der Waals surface area contributed by atoms with E-state index in [0.29, 0.717) is 32.1 Å². The van der Waals surface area contributed by atoms with Gasteiger partial charge in [0, 0.05) is 27.7 Å². The van der Waals surface area contributed by atoms with Crippen LogP contribution in [0.2, 0.25) is 10.0 Å². The lowest BCUT2D eigenvalue weighted by Crippen LogP contribution is -2.30. The molecule has 4 rings (SSSR count). The molecular weight excluding hydrogens is 633 g/mol. The predicted octanol–water partition coefficient (Wildman–Crippen LogP) is 7.49. The minimum atomic E-state index is -0.555. The van der Waals surface area contributed by atoms with E-state index in [0.717, 1.165) is 22.2 Å². The van der Waals surface area contributed by atoms with Crippen molar-refractivity contribution in [2.45, 2.75) is 29.1 Å². The van der Waals surface area contributed by atoms with Gasteiger partial charge in [-0.2, -0.15) is 9.36 Å². The maximum atomic E-state index is 13.3. The molecule has 3 N–H and O–H groups in total. The molecule has 0 fully saturated rings. The quantitative estimate of drug-likeness (QED) is 0.113. The van der Waals surface area contributed by atoms with Crippen molar-refractivity contribution in [1.82, 2.24) is 14.7 Å². The zero-order valence-electron chi connectivity index (χ0n) is 22.4. The molecule has 1 aromatic heterocycles. The molecule has 8 nitrogen and oxygen atoms in total. The number of carbonyl (C=O) groups excluding carboxylic acids is 3. The Morgan fingerprint density at radius 1 is 0.976 bits per heavy atom. The van der Waals surface area contributed by atoms with Crippen LogP contribution in [0.3, 0.4) is 0 Å². The van der Waals surface area contributed by atoms with Gasteiger partial charge in [-0.1, -0.05) is 72.2 Å². The fourth-order valence-corrected chi connectivity index (χ4v) is 5.96. The highest BCUT2D eigenvalue weighted by Gasteiger charge is 2.18. The first kappa shape index (κ1) is 31.6. The van der Waals surface area contributed by atoms with Crippen LogP contribution in [0.25, 0.3) is 6.08 Å². The predicted molar refractivity (Wildman–Crippen MR) is 174 cm³/mol. The number of thioether (sulfide) groups is 2. The van der Waals surface area contributed by atoms with E-state index in [4.69, 9.17) is 23.2 Å². The number of anilines is 2. The van der Waals surface area contributed by atoms with Gasteiger partial charge in [0.05, 0.1) is 15.3 Å². The van der Waals surface area contributed by atoms with Crippen molar-refractivity contribution in [1.29, 1.82) is 0 Å². The molecule has 3 amide bonds. The van der Waals surface area contributed by atoms with Gasteiger partial charge in [0.2, 0.25) is 16.2 Å². The van der Waals surface area contributed by atoms with Crippen molar-refractivity contribution in [2.75, 3.05) is 16.4 Å². The lowest BCUT2D eigenvalue weighted by atomic mass is 10.1. The number of hydrogen-bond donors (Lipinski definition) is 3. The first-order valence-corrected chi connectivity index (χ1v) is 16.0. The summed E-state index contributed by atoms with van der Waals surface area (Å²) in [5.41, 5.74) is 1.33. The van der Waals surface area contributed by atoms with Crippen molar-refractivity contribution in [3.8, 4) is 0 Å². The van der Waals surface area contributed by atoms with Gasteiger partial charge in [-0.15, -0.1) is 11.8 Å². The molecule has 0 spiro atoms. The van der Waals surface area contributed by atoms with Gasteiger partial charge in [0.1, 0.15) is 5.70 Å². The van der Waals surface area contributed by atoms with Crippen LogP contribution in [0.4, 0.5) is 10.8 Å². The van der Waals surface area contributed by atoms with Crippen molar-refractivity contribution in [3.63, 3.8) is 0 Å². The van der Waals surface area contributed by atoms with E-state index < -0.39 is 17.1 Å². The Labute approximate surface area is 265 Å². The third-order valence-corrected chi connectivity index (χ3v) is 8.94. The molecular formula is C29H25Cl2N5O3S3. The highest BCUT2D eigenvalue weighted by molar-refractivity contribution is 8.00. The Bertz CT molecular complexity index is 1600. The number of aromatic nitrogens is 2. The van der Waals surface area contributed by atoms with Crippen LogP contribution in [0, 0.1) is 0 Å². The molecule has 0 saturated heterocycles. The third-order valence-electron chi connectivity index (χ3n) is 5.52. The van der Waals surface area contributed by atoms with Crippen LogP contribution in [-0.2, 0) is 9.59 Å². The van der Waals surface area contributed by atoms with Gasteiger partial charge < -0.3 is 10.6 Å². The molecule has 0 aliphatic carbocycles. The normalized spacial score (nSPS) is 12.0. The van der Waals surface area contributed by atoms with Gasteiger partial charge in [0.15, 0.2) is 0 Å². The number of halogens is 2. The van der Waals surface area contributed by atoms with Crippen molar-refractivity contribution in [2.24, 2.45) is 0 Å². The molecule has 0 aliphatic rings. The number of benzene rings is 3. The van der Waals surface area contributed by atoms with E-state index in [-0.39, 0.29) is 16.6 Å². The maximum Gasteiger partial charge on any atom is 0.272 e. The summed E-state index contributed by atoms with van der Waals surface area (Å²) in [5, 5.41) is 9.55. The van der Waals surface area contributed by atoms with Crippen molar-refractivity contribution in [3.05, 3.63) is 99.7 Å². The summed E-state index contributed by atoms with van der Waals surface area (Å²) >= 11 is 16.5. The van der Waals surface area contributed by atoms with Crippen LogP contribution in [0.1, 0.15) is 29.8 Å². The summed E-state index contributed by atoms with van der Waals surface area (Å²) in [6, 6.07) is 20.6. The van der Waals surface area contributed by atoms with E-state index in [2.05, 4.69) is 25.3 Å². The van der Waals surface area contributed by atoms with Crippen molar-refractivity contribution >= 4 is 92.9 Å². The molecule has 0 aliphatic heterocycles. The van der Waals surface area contributed by atoms with E-state index in [9.17, 15) is 14.4 Å². The first-order valence-electron chi connectivity index (χ1n) is 12.6. The molecule has 0 bridgehead atoms. The monoisotopic (exact) mass is 657 g/mol.